The van der Waals surface area contributed by atoms with Gasteiger partial charge in [0.25, 0.3) is 0 Å². The number of carbonyl (C=O) groups is 1. The molecule has 0 heterocycles. The molecule has 1 aromatic rings. The molecule has 0 saturated carbocycles. The van der Waals surface area contributed by atoms with E-state index in [1.54, 1.807) is 14.0 Å². The van der Waals surface area contributed by atoms with Gasteiger partial charge in [0.1, 0.15) is 6.04 Å². The highest BCUT2D eigenvalue weighted by Gasteiger charge is 2.43. The van der Waals surface area contributed by atoms with Crippen molar-refractivity contribution in [2.24, 2.45) is 11.7 Å². The minimum atomic E-state index is -3.58. The number of methoxy groups -OCH3 is 1. The molecule has 1 aromatic carbocycles. The molecular formula is C15H24N2O4S. The molecule has 3 atom stereocenters. The van der Waals surface area contributed by atoms with Crippen molar-refractivity contribution >= 4 is 15.9 Å². The number of nitrogens with one attached hydrogen (secondary N) is 1. The maximum atomic E-state index is 11.8. The second-order valence-electron chi connectivity index (χ2n) is 5.37. The van der Waals surface area contributed by atoms with Crippen molar-refractivity contribution in [1.29, 1.82) is 0 Å². The van der Waals surface area contributed by atoms with Gasteiger partial charge in [0, 0.05) is 13.0 Å². The Balaban J connectivity index is 3.32. The normalized spacial score (nSPS) is 17.5. The molecule has 1 rings (SSSR count). The Morgan fingerprint density at radius 2 is 1.91 bits per heavy atom. The molecule has 7 heteroatoms. The summed E-state index contributed by atoms with van der Waals surface area (Å²) in [4.78, 5) is 11.8. The van der Waals surface area contributed by atoms with E-state index < -0.39 is 33.5 Å². The molecule has 0 radical (unpaired) electrons. The largest absolute Gasteiger partial charge is 0.373 e. The van der Waals surface area contributed by atoms with Crippen LogP contribution in [-0.2, 0) is 25.2 Å². The first kappa shape index (κ1) is 18.6. The standard InChI is InChI=1S/C15H24N2O4S/c1-5-15(21-3,12-9-7-6-8-10-12)11(2)13(14(16)18)17-22(4,19)20/h6-11,13,17H,5H2,1-4H3,(H2,16,18). The number of ether oxygens (including phenoxy) is 1. The van der Waals surface area contributed by atoms with Gasteiger partial charge in [-0.2, -0.15) is 0 Å². The van der Waals surface area contributed by atoms with E-state index in [-0.39, 0.29) is 0 Å². The fourth-order valence-electron chi connectivity index (χ4n) is 2.86. The van der Waals surface area contributed by atoms with Gasteiger partial charge in [-0.3, -0.25) is 4.79 Å². The Morgan fingerprint density at radius 1 is 1.36 bits per heavy atom. The molecule has 6 nitrogen and oxygen atoms in total. The number of nitrogens with two attached hydrogens (primary N) is 1. The van der Waals surface area contributed by atoms with Gasteiger partial charge in [-0.25, -0.2) is 13.1 Å². The number of hydrogen-bond donors (Lipinski definition) is 2. The van der Waals surface area contributed by atoms with Gasteiger partial charge >= 0.3 is 0 Å². The second kappa shape index (κ2) is 7.21. The summed E-state index contributed by atoms with van der Waals surface area (Å²) in [6, 6.07) is 8.34. The quantitative estimate of drug-likeness (QED) is 0.743. The van der Waals surface area contributed by atoms with E-state index >= 15 is 0 Å². The smallest absolute Gasteiger partial charge is 0.236 e. The predicted octanol–water partition coefficient (Wildman–Crippen LogP) is 0.978. The van der Waals surface area contributed by atoms with Gasteiger partial charge in [0.05, 0.1) is 11.9 Å². The first-order chi connectivity index (χ1) is 10.2. The maximum absolute atomic E-state index is 11.8. The Labute approximate surface area is 132 Å². The molecule has 22 heavy (non-hydrogen) atoms. The third kappa shape index (κ3) is 4.06. The third-order valence-corrected chi connectivity index (χ3v) is 4.72. The molecular weight excluding hydrogens is 304 g/mol. The van der Waals surface area contributed by atoms with Gasteiger partial charge in [0.15, 0.2) is 0 Å². The Morgan fingerprint density at radius 3 is 2.27 bits per heavy atom. The number of primary amides is 1. The van der Waals surface area contributed by atoms with Crippen LogP contribution in [0.5, 0.6) is 0 Å². The van der Waals surface area contributed by atoms with E-state index in [1.165, 1.54) is 0 Å². The van der Waals surface area contributed by atoms with Crippen LogP contribution in [0.2, 0.25) is 0 Å². The Bertz CT molecular complexity index is 597. The molecule has 0 aromatic heterocycles. The molecule has 0 aliphatic rings. The number of amides is 1. The van der Waals surface area contributed by atoms with Crippen molar-refractivity contribution in [2.75, 3.05) is 13.4 Å². The van der Waals surface area contributed by atoms with Crippen LogP contribution < -0.4 is 10.5 Å². The lowest BCUT2D eigenvalue weighted by atomic mass is 9.76. The molecule has 0 saturated heterocycles. The average molecular weight is 328 g/mol. The lowest BCUT2D eigenvalue weighted by molar-refractivity contribution is -0.127. The predicted molar refractivity (Wildman–Crippen MR) is 85.5 cm³/mol. The van der Waals surface area contributed by atoms with Crippen molar-refractivity contribution < 1.29 is 17.9 Å². The molecule has 0 bridgehead atoms. The van der Waals surface area contributed by atoms with Gasteiger partial charge in [0.2, 0.25) is 15.9 Å². The minimum absolute atomic E-state index is 0.489. The van der Waals surface area contributed by atoms with Crippen molar-refractivity contribution in [3.63, 3.8) is 0 Å². The monoisotopic (exact) mass is 328 g/mol. The molecule has 0 fully saturated rings. The zero-order chi connectivity index (χ0) is 17.0. The van der Waals surface area contributed by atoms with E-state index in [9.17, 15) is 13.2 Å². The lowest BCUT2D eigenvalue weighted by Crippen LogP contribution is -2.54. The van der Waals surface area contributed by atoms with Crippen molar-refractivity contribution in [2.45, 2.75) is 31.9 Å². The zero-order valence-corrected chi connectivity index (χ0v) is 14.2. The summed E-state index contributed by atoms with van der Waals surface area (Å²) in [5.74, 6) is -1.22. The Kier molecular flexibility index (Phi) is 6.10. The Hall–Kier alpha value is -1.44. The second-order valence-corrected chi connectivity index (χ2v) is 7.15. The number of hydrogen-bond acceptors (Lipinski definition) is 4. The number of sulfonamides is 1. The maximum Gasteiger partial charge on any atom is 0.236 e. The molecule has 3 unspecified atom stereocenters. The minimum Gasteiger partial charge on any atom is -0.373 e. The summed E-state index contributed by atoms with van der Waals surface area (Å²) in [7, 11) is -2.03. The van der Waals surface area contributed by atoms with Crippen LogP contribution in [0.3, 0.4) is 0 Å². The molecule has 0 spiro atoms. The molecule has 0 aliphatic heterocycles. The number of benzene rings is 1. The van der Waals surface area contributed by atoms with Gasteiger partial charge in [-0.15, -0.1) is 0 Å². The highest BCUT2D eigenvalue weighted by atomic mass is 32.2. The van der Waals surface area contributed by atoms with Crippen LogP contribution in [0.15, 0.2) is 30.3 Å². The van der Waals surface area contributed by atoms with Crippen LogP contribution in [0.1, 0.15) is 25.8 Å². The molecule has 3 N–H and O–H groups in total. The molecule has 1 amide bonds. The van der Waals surface area contributed by atoms with Crippen LogP contribution in [-0.4, -0.2) is 33.7 Å². The zero-order valence-electron chi connectivity index (χ0n) is 13.4. The first-order valence-electron chi connectivity index (χ1n) is 7.05. The summed E-state index contributed by atoms with van der Waals surface area (Å²) in [5.41, 5.74) is 5.46. The van der Waals surface area contributed by atoms with Crippen molar-refractivity contribution in [3.05, 3.63) is 35.9 Å². The van der Waals surface area contributed by atoms with E-state index in [4.69, 9.17) is 10.5 Å². The van der Waals surface area contributed by atoms with E-state index in [2.05, 4.69) is 4.72 Å². The average Bonchev–Trinajstić information content (AvgIpc) is 2.46. The first-order valence-corrected chi connectivity index (χ1v) is 8.94. The van der Waals surface area contributed by atoms with E-state index in [0.717, 1.165) is 11.8 Å². The SMILES string of the molecule is CCC(OC)(c1ccccc1)C(C)C(NS(C)(=O)=O)C(N)=O. The lowest BCUT2D eigenvalue weighted by Gasteiger charge is -2.40. The van der Waals surface area contributed by atoms with Crippen LogP contribution in [0.25, 0.3) is 0 Å². The summed E-state index contributed by atoms with van der Waals surface area (Å²) in [6.45, 7) is 3.68. The van der Waals surface area contributed by atoms with Gasteiger partial charge in [-0.1, -0.05) is 44.2 Å². The van der Waals surface area contributed by atoms with Crippen LogP contribution in [0.4, 0.5) is 0 Å². The molecule has 124 valence electrons. The summed E-state index contributed by atoms with van der Waals surface area (Å²) in [6.07, 6.45) is 1.56. The number of rotatable bonds is 8. The third-order valence-electron chi connectivity index (χ3n) is 4.04. The van der Waals surface area contributed by atoms with Crippen molar-refractivity contribution in [1.82, 2.24) is 4.72 Å². The molecule has 0 aliphatic carbocycles. The van der Waals surface area contributed by atoms with Gasteiger partial charge < -0.3 is 10.5 Å². The van der Waals surface area contributed by atoms with Crippen LogP contribution in [0, 0.1) is 5.92 Å². The fraction of sp³-hybridized carbons (Fsp3) is 0.533. The van der Waals surface area contributed by atoms with Crippen molar-refractivity contribution in [3.8, 4) is 0 Å². The van der Waals surface area contributed by atoms with Gasteiger partial charge in [-0.05, 0) is 12.0 Å². The topological polar surface area (TPSA) is 98.5 Å². The number of carbonyl (C=O) groups excluding carboxylic acids is 1. The van der Waals surface area contributed by atoms with Crippen LogP contribution >= 0.6 is 0 Å². The van der Waals surface area contributed by atoms with E-state index in [1.807, 2.05) is 37.3 Å². The highest BCUT2D eigenvalue weighted by Crippen LogP contribution is 2.38. The summed E-state index contributed by atoms with van der Waals surface area (Å²) >= 11 is 0. The highest BCUT2D eigenvalue weighted by molar-refractivity contribution is 7.88. The summed E-state index contributed by atoms with van der Waals surface area (Å²) < 4.78 is 31.1. The van der Waals surface area contributed by atoms with E-state index in [0.29, 0.717) is 6.42 Å². The summed E-state index contributed by atoms with van der Waals surface area (Å²) in [5, 5.41) is 0. The fourth-order valence-corrected chi connectivity index (χ4v) is 3.65.